The number of aliphatic hydroxyl groups is 1. The third-order valence-corrected chi connectivity index (χ3v) is 6.16. The van der Waals surface area contributed by atoms with Crippen molar-refractivity contribution in [3.8, 4) is 29.5 Å². The lowest BCUT2D eigenvalue weighted by Gasteiger charge is -2.18. The number of anilines is 1. The number of hydrogen-bond acceptors (Lipinski definition) is 5. The highest BCUT2D eigenvalue weighted by Gasteiger charge is 2.46. The molecule has 154 valence electrons. The zero-order valence-corrected chi connectivity index (χ0v) is 17.4. The van der Waals surface area contributed by atoms with Gasteiger partial charge in [-0.1, -0.05) is 48.5 Å². The zero-order valence-electron chi connectivity index (χ0n) is 16.6. The number of aliphatic hydroxyl groups excluding tert-OH is 1. The quantitative estimate of drug-likeness (QED) is 0.513. The van der Waals surface area contributed by atoms with Gasteiger partial charge in [-0.15, -0.1) is 17.8 Å². The Bertz CT molecular complexity index is 1180. The van der Waals surface area contributed by atoms with E-state index in [1.165, 1.54) is 11.3 Å². The van der Waals surface area contributed by atoms with Gasteiger partial charge in [0.1, 0.15) is 5.82 Å². The molecule has 1 aliphatic rings. The molecule has 1 atom stereocenters. The van der Waals surface area contributed by atoms with Crippen LogP contribution in [0.15, 0.2) is 53.9 Å². The van der Waals surface area contributed by atoms with Crippen molar-refractivity contribution < 1.29 is 9.90 Å². The van der Waals surface area contributed by atoms with Crippen LogP contribution in [0, 0.1) is 23.7 Å². The van der Waals surface area contributed by atoms with Crippen molar-refractivity contribution in [1.82, 2.24) is 10.3 Å². The van der Waals surface area contributed by atoms with Crippen molar-refractivity contribution in [1.29, 1.82) is 5.26 Å². The number of urea groups is 1. The van der Waals surface area contributed by atoms with E-state index in [0.29, 0.717) is 10.8 Å². The molecule has 0 bridgehead atoms. The van der Waals surface area contributed by atoms with Gasteiger partial charge in [-0.25, -0.2) is 9.78 Å². The second-order valence-electron chi connectivity index (χ2n) is 7.38. The number of rotatable bonds is 6. The molecule has 0 radical (unpaired) electrons. The van der Waals surface area contributed by atoms with Crippen LogP contribution in [0.5, 0.6) is 0 Å². The summed E-state index contributed by atoms with van der Waals surface area (Å²) in [7, 11) is 0. The third kappa shape index (κ3) is 4.29. The zero-order chi connectivity index (χ0) is 21.8. The molecule has 0 spiro atoms. The van der Waals surface area contributed by atoms with Gasteiger partial charge in [-0.3, -0.25) is 5.32 Å². The summed E-state index contributed by atoms with van der Waals surface area (Å²) >= 11 is 1.26. The van der Waals surface area contributed by atoms with E-state index in [9.17, 15) is 15.2 Å². The number of hydrogen-bond donors (Lipinski definition) is 3. The fourth-order valence-corrected chi connectivity index (χ4v) is 4.11. The van der Waals surface area contributed by atoms with Crippen molar-refractivity contribution in [3.63, 3.8) is 0 Å². The van der Waals surface area contributed by atoms with Gasteiger partial charge >= 0.3 is 6.03 Å². The molecule has 1 saturated carbocycles. The van der Waals surface area contributed by atoms with E-state index in [1.54, 1.807) is 5.38 Å². The predicted molar refractivity (Wildman–Crippen MR) is 120 cm³/mol. The average molecular weight is 429 g/mol. The summed E-state index contributed by atoms with van der Waals surface area (Å²) in [6.07, 6.45) is 7.05. The van der Waals surface area contributed by atoms with Crippen molar-refractivity contribution in [2.75, 3.05) is 11.9 Å². The van der Waals surface area contributed by atoms with Crippen LogP contribution in [-0.4, -0.2) is 22.7 Å². The molecule has 2 aromatic carbocycles. The second-order valence-corrected chi connectivity index (χ2v) is 8.24. The molecule has 4 rings (SSSR count). The topological polar surface area (TPSA) is 98.0 Å². The molecule has 2 amide bonds. The number of nitriles is 1. The maximum Gasteiger partial charge on any atom is 0.320 e. The highest BCUT2D eigenvalue weighted by atomic mass is 32.1. The maximum absolute atomic E-state index is 12.3. The van der Waals surface area contributed by atoms with Crippen LogP contribution >= 0.6 is 11.3 Å². The first-order chi connectivity index (χ1) is 15.1. The lowest BCUT2D eigenvalue weighted by atomic mass is 9.88. The number of amides is 2. The fourth-order valence-electron chi connectivity index (χ4n) is 3.56. The molecule has 1 aliphatic carbocycles. The number of aromatic nitrogens is 1. The van der Waals surface area contributed by atoms with Gasteiger partial charge in [0.25, 0.3) is 0 Å². The summed E-state index contributed by atoms with van der Waals surface area (Å²) < 4.78 is 0. The Kier molecular flexibility index (Phi) is 5.73. The van der Waals surface area contributed by atoms with Crippen LogP contribution in [0.25, 0.3) is 11.1 Å². The molecule has 1 heterocycles. The Morgan fingerprint density at radius 2 is 2.00 bits per heavy atom. The molecule has 0 aliphatic heterocycles. The van der Waals surface area contributed by atoms with Crippen LogP contribution in [0.3, 0.4) is 0 Å². The van der Waals surface area contributed by atoms with E-state index in [1.807, 2.05) is 48.5 Å². The van der Waals surface area contributed by atoms with Crippen LogP contribution in [0.2, 0.25) is 0 Å². The number of nitrogens with zero attached hydrogens (tertiary/aromatic N) is 2. The summed E-state index contributed by atoms with van der Waals surface area (Å²) in [5, 5.41) is 26.9. The van der Waals surface area contributed by atoms with Crippen LogP contribution < -0.4 is 10.6 Å². The number of terminal acetylenes is 1. The highest BCUT2D eigenvalue weighted by Crippen LogP contribution is 2.50. The molecule has 1 unspecified atom stereocenters. The molecule has 6 nitrogen and oxygen atoms in total. The first-order valence-electron chi connectivity index (χ1n) is 9.80. The van der Waals surface area contributed by atoms with E-state index >= 15 is 0 Å². The predicted octanol–water partition coefficient (Wildman–Crippen LogP) is 4.20. The average Bonchev–Trinajstić information content (AvgIpc) is 3.49. The minimum Gasteiger partial charge on any atom is -0.394 e. The molecule has 3 aromatic rings. The number of nitrogens with one attached hydrogen (secondary N) is 2. The lowest BCUT2D eigenvalue weighted by molar-refractivity contribution is 0.225. The molecular weight excluding hydrogens is 408 g/mol. The van der Waals surface area contributed by atoms with E-state index < -0.39 is 12.1 Å². The Morgan fingerprint density at radius 1 is 1.26 bits per heavy atom. The van der Waals surface area contributed by atoms with Gasteiger partial charge in [-0.2, -0.15) is 5.26 Å². The molecule has 0 saturated heterocycles. The normalized spacial score (nSPS) is 14.7. The van der Waals surface area contributed by atoms with E-state index in [-0.39, 0.29) is 12.0 Å². The largest absolute Gasteiger partial charge is 0.394 e. The minimum atomic E-state index is -0.580. The Hall–Kier alpha value is -3.65. The number of benzene rings is 2. The van der Waals surface area contributed by atoms with Crippen molar-refractivity contribution in [3.05, 3.63) is 70.0 Å². The van der Waals surface area contributed by atoms with Crippen molar-refractivity contribution >= 4 is 23.2 Å². The summed E-state index contributed by atoms with van der Waals surface area (Å²) in [6.45, 7) is -0.256. The van der Waals surface area contributed by atoms with Crippen molar-refractivity contribution in [2.45, 2.75) is 24.3 Å². The second kappa shape index (κ2) is 8.61. The first kappa shape index (κ1) is 20.6. The van der Waals surface area contributed by atoms with Gasteiger partial charge in [-0.05, 0) is 41.0 Å². The van der Waals surface area contributed by atoms with Gasteiger partial charge < -0.3 is 10.4 Å². The first-order valence-corrected chi connectivity index (χ1v) is 10.7. The number of carbonyl (C=O) groups excluding carboxylic acids is 1. The monoisotopic (exact) mass is 428 g/mol. The van der Waals surface area contributed by atoms with Gasteiger partial charge in [0, 0.05) is 5.38 Å². The smallest absolute Gasteiger partial charge is 0.320 e. The van der Waals surface area contributed by atoms with E-state index in [4.69, 9.17) is 6.42 Å². The molecule has 1 aromatic heterocycles. The van der Waals surface area contributed by atoms with Crippen molar-refractivity contribution in [2.24, 2.45) is 0 Å². The molecule has 3 N–H and O–H groups in total. The van der Waals surface area contributed by atoms with Gasteiger partial charge in [0.2, 0.25) is 0 Å². The standard InChI is InChI=1S/C24H20N4O2S/c1-2-22-27-21(14-31-22)28-23(30)26-20(13-29)17-9-7-16(8-10-17)18-5-3-4-6-19(18)24(15-25)11-12-24/h1,3-10,14,20,29H,11-13H2,(H2,26,28,30). The number of carbonyl (C=O) groups is 1. The van der Waals surface area contributed by atoms with Crippen LogP contribution in [0.1, 0.15) is 35.0 Å². The van der Waals surface area contributed by atoms with E-state index in [2.05, 4.69) is 27.6 Å². The third-order valence-electron chi connectivity index (χ3n) is 5.39. The summed E-state index contributed by atoms with van der Waals surface area (Å²) in [6, 6.07) is 17.0. The fraction of sp³-hybridized carbons (Fsp3) is 0.208. The summed E-state index contributed by atoms with van der Waals surface area (Å²) in [5.74, 6) is 2.78. The van der Waals surface area contributed by atoms with Gasteiger partial charge in [0.15, 0.2) is 5.01 Å². The number of thiazole rings is 1. The SMILES string of the molecule is C#Cc1nc(NC(=O)NC(CO)c2ccc(-c3ccccc3C3(C#N)CC3)cc2)cs1. The molecule has 31 heavy (non-hydrogen) atoms. The van der Waals surface area contributed by atoms with Crippen LogP contribution in [-0.2, 0) is 5.41 Å². The molecular formula is C24H20N4O2S. The van der Waals surface area contributed by atoms with Crippen LogP contribution in [0.4, 0.5) is 10.6 Å². The summed E-state index contributed by atoms with van der Waals surface area (Å²) in [4.78, 5) is 16.4. The lowest BCUT2D eigenvalue weighted by Crippen LogP contribution is -2.34. The Balaban J connectivity index is 1.49. The molecule has 1 fully saturated rings. The Morgan fingerprint density at radius 3 is 2.61 bits per heavy atom. The van der Waals surface area contributed by atoms with Gasteiger partial charge in [0.05, 0.1) is 24.1 Å². The maximum atomic E-state index is 12.3. The summed E-state index contributed by atoms with van der Waals surface area (Å²) in [5.41, 5.74) is 3.47. The minimum absolute atomic E-state index is 0.256. The highest BCUT2D eigenvalue weighted by molar-refractivity contribution is 7.10. The molecule has 7 heteroatoms. The van der Waals surface area contributed by atoms with E-state index in [0.717, 1.165) is 35.1 Å². The Labute approximate surface area is 184 Å².